The SMILES string of the molecule is C=C(C)C(=O)OCCOCCC(CC(=O)O)C(=O)O. The number of rotatable bonds is 10. The number of ether oxygens (including phenoxy) is 2. The minimum Gasteiger partial charge on any atom is -0.481 e. The fraction of sp³-hybridized carbons (Fsp3) is 0.583. The van der Waals surface area contributed by atoms with Crippen molar-refractivity contribution in [3.63, 3.8) is 0 Å². The highest BCUT2D eigenvalue weighted by Gasteiger charge is 2.20. The van der Waals surface area contributed by atoms with E-state index in [2.05, 4.69) is 6.58 Å². The van der Waals surface area contributed by atoms with Gasteiger partial charge in [0.1, 0.15) is 6.61 Å². The molecule has 2 N–H and O–H groups in total. The maximum absolute atomic E-state index is 11.0. The molecule has 7 heteroatoms. The Morgan fingerprint density at radius 3 is 2.26 bits per heavy atom. The summed E-state index contributed by atoms with van der Waals surface area (Å²) in [5.74, 6) is -3.82. The largest absolute Gasteiger partial charge is 0.481 e. The average Bonchev–Trinajstić information content (AvgIpc) is 2.30. The molecule has 0 aromatic rings. The smallest absolute Gasteiger partial charge is 0.333 e. The molecule has 1 atom stereocenters. The van der Waals surface area contributed by atoms with Crippen LogP contribution in [0.1, 0.15) is 19.8 Å². The third kappa shape index (κ3) is 8.78. The number of carboxylic acids is 2. The molecule has 0 aliphatic rings. The van der Waals surface area contributed by atoms with Gasteiger partial charge in [0, 0.05) is 12.2 Å². The van der Waals surface area contributed by atoms with Crippen LogP contribution in [0.5, 0.6) is 0 Å². The van der Waals surface area contributed by atoms with Gasteiger partial charge in [-0.05, 0) is 13.3 Å². The minimum absolute atomic E-state index is 0.0440. The van der Waals surface area contributed by atoms with Crippen LogP contribution in [0.15, 0.2) is 12.2 Å². The molecule has 0 spiro atoms. The number of esters is 1. The zero-order valence-electron chi connectivity index (χ0n) is 10.8. The van der Waals surface area contributed by atoms with Gasteiger partial charge in [-0.25, -0.2) is 4.79 Å². The molecule has 0 fully saturated rings. The van der Waals surface area contributed by atoms with E-state index in [-0.39, 0.29) is 31.8 Å². The zero-order valence-corrected chi connectivity index (χ0v) is 10.8. The number of carbonyl (C=O) groups excluding carboxylic acids is 1. The topological polar surface area (TPSA) is 110 Å². The molecule has 1 unspecified atom stereocenters. The molecule has 0 saturated heterocycles. The first-order valence-corrected chi connectivity index (χ1v) is 5.69. The van der Waals surface area contributed by atoms with Crippen LogP contribution in [0.2, 0.25) is 0 Å². The minimum atomic E-state index is -1.17. The fourth-order valence-electron chi connectivity index (χ4n) is 1.17. The van der Waals surface area contributed by atoms with Crippen LogP contribution in [0.25, 0.3) is 0 Å². The molecule has 0 aliphatic carbocycles. The van der Waals surface area contributed by atoms with Crippen LogP contribution < -0.4 is 0 Å². The molecular weight excluding hydrogens is 256 g/mol. The van der Waals surface area contributed by atoms with Crippen molar-refractivity contribution in [1.82, 2.24) is 0 Å². The van der Waals surface area contributed by atoms with E-state index >= 15 is 0 Å². The Labute approximate surface area is 110 Å². The summed E-state index contributed by atoms with van der Waals surface area (Å²) < 4.78 is 9.81. The van der Waals surface area contributed by atoms with Gasteiger partial charge in [-0.2, -0.15) is 0 Å². The van der Waals surface area contributed by atoms with E-state index in [4.69, 9.17) is 19.7 Å². The highest BCUT2D eigenvalue weighted by Crippen LogP contribution is 2.09. The van der Waals surface area contributed by atoms with Gasteiger partial charge in [-0.3, -0.25) is 9.59 Å². The van der Waals surface area contributed by atoms with E-state index in [1.165, 1.54) is 6.92 Å². The van der Waals surface area contributed by atoms with E-state index in [9.17, 15) is 14.4 Å². The summed E-state index contributed by atoms with van der Waals surface area (Å²) in [6, 6.07) is 0. The Morgan fingerprint density at radius 1 is 1.16 bits per heavy atom. The van der Waals surface area contributed by atoms with Gasteiger partial charge in [-0.15, -0.1) is 0 Å². The van der Waals surface area contributed by atoms with E-state index in [0.717, 1.165) is 0 Å². The van der Waals surface area contributed by atoms with E-state index < -0.39 is 30.2 Å². The summed E-state index contributed by atoms with van der Waals surface area (Å²) in [4.78, 5) is 32.1. The molecule has 0 aliphatic heterocycles. The number of carboxylic acid groups (broad SMARTS) is 2. The maximum atomic E-state index is 11.0. The summed E-state index contributed by atoms with van der Waals surface area (Å²) in [6.45, 7) is 5.18. The Hall–Kier alpha value is -1.89. The molecule has 0 aromatic heterocycles. The summed E-state index contributed by atoms with van der Waals surface area (Å²) >= 11 is 0. The van der Waals surface area contributed by atoms with Crippen molar-refractivity contribution in [2.45, 2.75) is 19.8 Å². The van der Waals surface area contributed by atoms with Crippen LogP contribution in [-0.2, 0) is 23.9 Å². The molecule has 0 heterocycles. The Balaban J connectivity index is 3.72. The Morgan fingerprint density at radius 2 is 1.79 bits per heavy atom. The molecular formula is C12H18O7. The predicted molar refractivity (Wildman–Crippen MR) is 64.6 cm³/mol. The van der Waals surface area contributed by atoms with Crippen molar-refractivity contribution >= 4 is 17.9 Å². The highest BCUT2D eigenvalue weighted by molar-refractivity contribution is 5.86. The molecule has 108 valence electrons. The lowest BCUT2D eigenvalue weighted by Gasteiger charge is -2.10. The zero-order chi connectivity index (χ0) is 14.8. The third-order valence-corrected chi connectivity index (χ3v) is 2.19. The monoisotopic (exact) mass is 274 g/mol. The first kappa shape index (κ1) is 17.1. The van der Waals surface area contributed by atoms with Crippen molar-refractivity contribution < 1.29 is 34.1 Å². The van der Waals surface area contributed by atoms with E-state index in [1.54, 1.807) is 0 Å². The van der Waals surface area contributed by atoms with Gasteiger partial charge < -0.3 is 19.7 Å². The molecule has 0 bridgehead atoms. The first-order chi connectivity index (χ1) is 8.84. The summed E-state index contributed by atoms with van der Waals surface area (Å²) in [5.41, 5.74) is 0.285. The van der Waals surface area contributed by atoms with Gasteiger partial charge >= 0.3 is 17.9 Å². The average molecular weight is 274 g/mol. The highest BCUT2D eigenvalue weighted by atomic mass is 16.6. The van der Waals surface area contributed by atoms with Crippen LogP contribution in [0.4, 0.5) is 0 Å². The number of hydrogen-bond donors (Lipinski definition) is 2. The molecule has 0 radical (unpaired) electrons. The van der Waals surface area contributed by atoms with Gasteiger partial charge in [0.05, 0.1) is 18.9 Å². The number of aliphatic carboxylic acids is 2. The van der Waals surface area contributed by atoms with Gasteiger partial charge in [-0.1, -0.05) is 6.58 Å². The maximum Gasteiger partial charge on any atom is 0.333 e. The van der Waals surface area contributed by atoms with Crippen molar-refractivity contribution in [3.8, 4) is 0 Å². The second-order valence-electron chi connectivity index (χ2n) is 3.95. The molecule has 0 saturated carbocycles. The second-order valence-corrected chi connectivity index (χ2v) is 3.95. The quantitative estimate of drug-likeness (QED) is 0.342. The van der Waals surface area contributed by atoms with Crippen molar-refractivity contribution in [2.24, 2.45) is 5.92 Å². The normalized spacial score (nSPS) is 11.6. The molecule has 0 amide bonds. The van der Waals surface area contributed by atoms with E-state index in [1.807, 2.05) is 0 Å². The van der Waals surface area contributed by atoms with Crippen LogP contribution in [0, 0.1) is 5.92 Å². The molecule has 7 nitrogen and oxygen atoms in total. The van der Waals surface area contributed by atoms with Crippen molar-refractivity contribution in [3.05, 3.63) is 12.2 Å². The van der Waals surface area contributed by atoms with E-state index in [0.29, 0.717) is 0 Å². The van der Waals surface area contributed by atoms with Gasteiger partial charge in [0.25, 0.3) is 0 Å². The second kappa shape index (κ2) is 9.09. The standard InChI is InChI=1S/C12H18O7/c1-8(2)12(17)19-6-5-18-4-3-9(11(15)16)7-10(13)14/h9H,1,3-7H2,2H3,(H,13,14)(H,15,16). The summed E-state index contributed by atoms with van der Waals surface area (Å²) in [5, 5.41) is 17.3. The fourth-order valence-corrected chi connectivity index (χ4v) is 1.17. The summed E-state index contributed by atoms with van der Waals surface area (Å²) in [7, 11) is 0. The third-order valence-electron chi connectivity index (χ3n) is 2.19. The van der Waals surface area contributed by atoms with Crippen molar-refractivity contribution in [1.29, 1.82) is 0 Å². The first-order valence-electron chi connectivity index (χ1n) is 5.69. The lowest BCUT2D eigenvalue weighted by atomic mass is 10.0. The lowest BCUT2D eigenvalue weighted by Crippen LogP contribution is -2.20. The molecule has 0 aromatic carbocycles. The van der Waals surface area contributed by atoms with Crippen LogP contribution in [0.3, 0.4) is 0 Å². The molecule has 19 heavy (non-hydrogen) atoms. The van der Waals surface area contributed by atoms with Crippen LogP contribution in [-0.4, -0.2) is 47.9 Å². The van der Waals surface area contributed by atoms with Crippen molar-refractivity contribution in [2.75, 3.05) is 19.8 Å². The number of hydrogen-bond acceptors (Lipinski definition) is 5. The van der Waals surface area contributed by atoms with Gasteiger partial charge in [0.15, 0.2) is 0 Å². The molecule has 0 rings (SSSR count). The Kier molecular flexibility index (Phi) is 8.19. The van der Waals surface area contributed by atoms with Gasteiger partial charge in [0.2, 0.25) is 0 Å². The summed E-state index contributed by atoms with van der Waals surface area (Å²) in [6.07, 6.45) is -0.348. The lowest BCUT2D eigenvalue weighted by molar-refractivity contribution is -0.149. The van der Waals surface area contributed by atoms with Crippen LogP contribution >= 0.6 is 0 Å². The predicted octanol–water partition coefficient (Wildman–Crippen LogP) is 0.688. The Bertz CT molecular complexity index is 348. The number of carbonyl (C=O) groups is 3.